The zero-order chi connectivity index (χ0) is 14.4. The largest absolute Gasteiger partial charge is 0.338 e. The zero-order valence-corrected chi connectivity index (χ0v) is 12.7. The zero-order valence-electron chi connectivity index (χ0n) is 12.7. The molecule has 0 radical (unpaired) electrons. The second kappa shape index (κ2) is 7.44. The molecule has 2 rings (SSSR count). The molecule has 1 heterocycles. The SMILES string of the molecule is CCC1CCCN(C(=O)c2ccccc2CCNC)C1. The summed E-state index contributed by atoms with van der Waals surface area (Å²) in [4.78, 5) is 14.8. The average molecular weight is 274 g/mol. The van der Waals surface area contributed by atoms with E-state index in [1.165, 1.54) is 12.8 Å². The number of carbonyl (C=O) groups is 1. The molecule has 1 unspecified atom stereocenters. The van der Waals surface area contributed by atoms with Gasteiger partial charge in [-0.15, -0.1) is 0 Å². The van der Waals surface area contributed by atoms with Crippen LogP contribution in [0.2, 0.25) is 0 Å². The van der Waals surface area contributed by atoms with Gasteiger partial charge >= 0.3 is 0 Å². The number of likely N-dealkylation sites (N-methyl/N-ethyl adjacent to an activating group) is 1. The van der Waals surface area contributed by atoms with Crippen LogP contribution < -0.4 is 5.32 Å². The Morgan fingerprint density at radius 2 is 2.20 bits per heavy atom. The number of amides is 1. The van der Waals surface area contributed by atoms with Crippen molar-refractivity contribution >= 4 is 5.91 Å². The molecule has 1 N–H and O–H groups in total. The molecule has 1 aliphatic heterocycles. The lowest BCUT2D eigenvalue weighted by Crippen LogP contribution is -2.40. The molecular weight excluding hydrogens is 248 g/mol. The molecule has 1 fully saturated rings. The fourth-order valence-corrected chi connectivity index (χ4v) is 2.96. The summed E-state index contributed by atoms with van der Waals surface area (Å²) >= 11 is 0. The van der Waals surface area contributed by atoms with Crippen LogP contribution in [-0.2, 0) is 6.42 Å². The van der Waals surface area contributed by atoms with Crippen molar-refractivity contribution in [3.05, 3.63) is 35.4 Å². The van der Waals surface area contributed by atoms with Crippen LogP contribution >= 0.6 is 0 Å². The van der Waals surface area contributed by atoms with Crippen LogP contribution in [0.1, 0.15) is 42.1 Å². The predicted molar refractivity (Wildman–Crippen MR) is 83.0 cm³/mol. The Balaban J connectivity index is 2.11. The molecular formula is C17H26N2O. The number of likely N-dealkylation sites (tertiary alicyclic amines) is 1. The number of hydrogen-bond acceptors (Lipinski definition) is 2. The molecule has 0 aromatic heterocycles. The molecule has 1 saturated heterocycles. The third kappa shape index (κ3) is 3.60. The number of piperidine rings is 1. The number of nitrogens with one attached hydrogen (secondary N) is 1. The lowest BCUT2D eigenvalue weighted by atomic mass is 9.94. The summed E-state index contributed by atoms with van der Waals surface area (Å²) in [6.07, 6.45) is 4.49. The summed E-state index contributed by atoms with van der Waals surface area (Å²) in [5.41, 5.74) is 2.05. The van der Waals surface area contributed by atoms with Crippen LogP contribution in [0.25, 0.3) is 0 Å². The molecule has 3 heteroatoms. The monoisotopic (exact) mass is 274 g/mol. The van der Waals surface area contributed by atoms with Gasteiger partial charge in [-0.2, -0.15) is 0 Å². The van der Waals surface area contributed by atoms with E-state index < -0.39 is 0 Å². The van der Waals surface area contributed by atoms with Crippen molar-refractivity contribution in [1.29, 1.82) is 0 Å². The molecule has 1 aromatic rings. The van der Waals surface area contributed by atoms with Crippen LogP contribution in [0.5, 0.6) is 0 Å². The van der Waals surface area contributed by atoms with Crippen molar-refractivity contribution in [3.63, 3.8) is 0 Å². The molecule has 20 heavy (non-hydrogen) atoms. The second-order valence-corrected chi connectivity index (χ2v) is 5.68. The number of carbonyl (C=O) groups excluding carboxylic acids is 1. The molecule has 1 amide bonds. The summed E-state index contributed by atoms with van der Waals surface area (Å²) in [5.74, 6) is 0.895. The molecule has 3 nitrogen and oxygen atoms in total. The lowest BCUT2D eigenvalue weighted by Gasteiger charge is -2.32. The second-order valence-electron chi connectivity index (χ2n) is 5.68. The highest BCUT2D eigenvalue weighted by Crippen LogP contribution is 2.22. The smallest absolute Gasteiger partial charge is 0.254 e. The Labute approximate surface area is 122 Å². The summed E-state index contributed by atoms with van der Waals surface area (Å²) in [6, 6.07) is 8.04. The molecule has 1 aliphatic rings. The first-order valence-electron chi connectivity index (χ1n) is 7.78. The third-order valence-electron chi connectivity index (χ3n) is 4.28. The van der Waals surface area contributed by atoms with Gasteiger partial charge in [0, 0.05) is 18.7 Å². The summed E-state index contributed by atoms with van der Waals surface area (Å²) in [7, 11) is 1.95. The lowest BCUT2D eigenvalue weighted by molar-refractivity contribution is 0.0670. The van der Waals surface area contributed by atoms with Gasteiger partial charge in [-0.1, -0.05) is 31.5 Å². The van der Waals surface area contributed by atoms with Gasteiger partial charge in [0.1, 0.15) is 0 Å². The minimum atomic E-state index is 0.217. The van der Waals surface area contributed by atoms with Crippen LogP contribution in [0.3, 0.4) is 0 Å². The van der Waals surface area contributed by atoms with Crippen LogP contribution in [0.15, 0.2) is 24.3 Å². The van der Waals surface area contributed by atoms with E-state index in [-0.39, 0.29) is 5.91 Å². The normalized spacial score (nSPS) is 19.1. The van der Waals surface area contributed by atoms with E-state index in [4.69, 9.17) is 0 Å². The van der Waals surface area contributed by atoms with E-state index >= 15 is 0 Å². The van der Waals surface area contributed by atoms with E-state index in [2.05, 4.69) is 23.2 Å². The van der Waals surface area contributed by atoms with E-state index in [0.29, 0.717) is 5.92 Å². The quantitative estimate of drug-likeness (QED) is 0.895. The van der Waals surface area contributed by atoms with Gasteiger partial charge < -0.3 is 10.2 Å². The van der Waals surface area contributed by atoms with Gasteiger partial charge in [0.2, 0.25) is 0 Å². The van der Waals surface area contributed by atoms with Crippen molar-refractivity contribution in [2.24, 2.45) is 5.92 Å². The van der Waals surface area contributed by atoms with E-state index in [9.17, 15) is 4.79 Å². The third-order valence-corrected chi connectivity index (χ3v) is 4.28. The van der Waals surface area contributed by atoms with Gasteiger partial charge in [-0.25, -0.2) is 0 Å². The van der Waals surface area contributed by atoms with Crippen molar-refractivity contribution in [3.8, 4) is 0 Å². The first-order chi connectivity index (χ1) is 9.76. The summed E-state index contributed by atoms with van der Waals surface area (Å²) in [6.45, 7) is 4.97. The fourth-order valence-electron chi connectivity index (χ4n) is 2.96. The van der Waals surface area contributed by atoms with Crippen molar-refractivity contribution < 1.29 is 4.79 Å². The number of benzene rings is 1. The minimum Gasteiger partial charge on any atom is -0.338 e. The van der Waals surface area contributed by atoms with Crippen LogP contribution in [0.4, 0.5) is 0 Å². The topological polar surface area (TPSA) is 32.3 Å². The Bertz CT molecular complexity index is 444. The Morgan fingerprint density at radius 3 is 2.95 bits per heavy atom. The van der Waals surface area contributed by atoms with Gasteiger partial charge in [0.25, 0.3) is 5.91 Å². The fraction of sp³-hybridized carbons (Fsp3) is 0.588. The number of nitrogens with zero attached hydrogens (tertiary/aromatic N) is 1. The Hall–Kier alpha value is -1.35. The van der Waals surface area contributed by atoms with Gasteiger partial charge in [-0.3, -0.25) is 4.79 Å². The van der Waals surface area contributed by atoms with Crippen molar-refractivity contribution in [1.82, 2.24) is 10.2 Å². The highest BCUT2D eigenvalue weighted by molar-refractivity contribution is 5.95. The number of rotatable bonds is 5. The maximum absolute atomic E-state index is 12.8. The van der Waals surface area contributed by atoms with Crippen LogP contribution in [-0.4, -0.2) is 37.5 Å². The molecule has 1 atom stereocenters. The first kappa shape index (κ1) is 15.0. The summed E-state index contributed by atoms with van der Waals surface area (Å²) in [5, 5.41) is 3.15. The van der Waals surface area contributed by atoms with E-state index in [1.54, 1.807) is 0 Å². The Kier molecular flexibility index (Phi) is 5.60. The van der Waals surface area contributed by atoms with E-state index in [0.717, 1.165) is 43.6 Å². The van der Waals surface area contributed by atoms with Crippen LogP contribution in [0, 0.1) is 5.92 Å². The standard InChI is InChI=1S/C17H26N2O/c1-3-14-7-6-12-19(13-14)17(20)16-9-5-4-8-15(16)10-11-18-2/h4-5,8-9,14,18H,3,6-7,10-13H2,1-2H3. The average Bonchev–Trinajstić information content (AvgIpc) is 2.52. The highest BCUT2D eigenvalue weighted by atomic mass is 16.2. The van der Waals surface area contributed by atoms with Crippen molar-refractivity contribution in [2.75, 3.05) is 26.7 Å². The predicted octanol–water partition coefficient (Wildman–Crippen LogP) is 2.71. The van der Waals surface area contributed by atoms with Gasteiger partial charge in [0.05, 0.1) is 0 Å². The number of hydrogen-bond donors (Lipinski definition) is 1. The first-order valence-corrected chi connectivity index (χ1v) is 7.78. The van der Waals surface area contributed by atoms with Gasteiger partial charge in [-0.05, 0) is 50.4 Å². The molecule has 1 aromatic carbocycles. The highest BCUT2D eigenvalue weighted by Gasteiger charge is 2.24. The molecule has 0 saturated carbocycles. The summed E-state index contributed by atoms with van der Waals surface area (Å²) < 4.78 is 0. The van der Waals surface area contributed by atoms with Crippen molar-refractivity contribution in [2.45, 2.75) is 32.6 Å². The maximum atomic E-state index is 12.8. The Morgan fingerprint density at radius 1 is 1.40 bits per heavy atom. The maximum Gasteiger partial charge on any atom is 0.254 e. The minimum absolute atomic E-state index is 0.217. The molecule has 0 spiro atoms. The molecule has 0 bridgehead atoms. The van der Waals surface area contributed by atoms with E-state index in [1.807, 2.05) is 25.2 Å². The molecule has 110 valence electrons. The van der Waals surface area contributed by atoms with Gasteiger partial charge in [0.15, 0.2) is 0 Å². The molecule has 0 aliphatic carbocycles.